The zero-order valence-corrected chi connectivity index (χ0v) is 11.5. The molecule has 1 aliphatic heterocycles. The maximum atomic E-state index is 6.35. The first kappa shape index (κ1) is 12.3. The van der Waals surface area contributed by atoms with Gasteiger partial charge in [0.05, 0.1) is 11.4 Å². The molecule has 1 aromatic heterocycles. The first-order valence-corrected chi connectivity index (χ1v) is 7.16. The first-order valence-electron chi connectivity index (χ1n) is 7.16. The predicted molar refractivity (Wildman–Crippen MR) is 81.4 cm³/mol. The van der Waals surface area contributed by atoms with Crippen molar-refractivity contribution in [3.05, 3.63) is 30.6 Å². The zero-order chi connectivity index (χ0) is 13.2. The van der Waals surface area contributed by atoms with Gasteiger partial charge in [-0.1, -0.05) is 19.4 Å². The van der Waals surface area contributed by atoms with Gasteiger partial charge in [-0.25, -0.2) is 0 Å². The highest BCUT2D eigenvalue weighted by Crippen LogP contribution is 2.34. The van der Waals surface area contributed by atoms with Crippen LogP contribution in [0, 0.1) is 5.92 Å². The number of fused-ring (bicyclic) bond motifs is 1. The third kappa shape index (κ3) is 2.25. The molecular weight excluding hydrogens is 234 g/mol. The average molecular weight is 255 g/mol. The lowest BCUT2D eigenvalue weighted by atomic mass is 10.0. The van der Waals surface area contributed by atoms with Gasteiger partial charge in [0.1, 0.15) is 0 Å². The Morgan fingerprint density at radius 1 is 1.37 bits per heavy atom. The number of aromatic nitrogens is 1. The Hall–Kier alpha value is -1.77. The van der Waals surface area contributed by atoms with Crippen LogP contribution >= 0.6 is 0 Å². The maximum absolute atomic E-state index is 6.35. The largest absolute Gasteiger partial charge is 0.397 e. The summed E-state index contributed by atoms with van der Waals surface area (Å²) in [7, 11) is 0. The summed E-state index contributed by atoms with van der Waals surface area (Å²) in [6.07, 6.45) is 7.58. The predicted octanol–water partition coefficient (Wildman–Crippen LogP) is 3.44. The van der Waals surface area contributed by atoms with Crippen molar-refractivity contribution in [2.24, 2.45) is 5.92 Å². The van der Waals surface area contributed by atoms with Crippen molar-refractivity contribution in [3.8, 4) is 0 Å². The molecule has 0 saturated carbocycles. The normalized spacial score (nSPS) is 19.2. The van der Waals surface area contributed by atoms with Crippen LogP contribution in [0.3, 0.4) is 0 Å². The van der Waals surface area contributed by atoms with Crippen LogP contribution in [0.1, 0.15) is 26.2 Å². The van der Waals surface area contributed by atoms with E-state index in [1.54, 1.807) is 0 Å². The van der Waals surface area contributed by atoms with Crippen LogP contribution in [0.2, 0.25) is 0 Å². The molecule has 0 spiro atoms. The summed E-state index contributed by atoms with van der Waals surface area (Å²) in [5.41, 5.74) is 8.44. The SMILES string of the molecule is CCCC1CCN(c2ccc3cnccc3c2N)C1. The van der Waals surface area contributed by atoms with Gasteiger partial charge in [0.15, 0.2) is 0 Å². The van der Waals surface area contributed by atoms with Crippen molar-refractivity contribution >= 4 is 22.1 Å². The lowest BCUT2D eigenvalue weighted by Gasteiger charge is -2.21. The van der Waals surface area contributed by atoms with Gasteiger partial charge >= 0.3 is 0 Å². The Kier molecular flexibility index (Phi) is 3.28. The molecule has 1 atom stereocenters. The van der Waals surface area contributed by atoms with E-state index in [1.807, 2.05) is 18.5 Å². The van der Waals surface area contributed by atoms with Gasteiger partial charge in [-0.15, -0.1) is 0 Å². The molecular formula is C16H21N3. The quantitative estimate of drug-likeness (QED) is 0.854. The minimum atomic E-state index is 0.831. The van der Waals surface area contributed by atoms with Crippen molar-refractivity contribution < 1.29 is 0 Å². The van der Waals surface area contributed by atoms with Gasteiger partial charge in [-0.2, -0.15) is 0 Å². The van der Waals surface area contributed by atoms with E-state index >= 15 is 0 Å². The second-order valence-electron chi connectivity index (χ2n) is 5.48. The van der Waals surface area contributed by atoms with Crippen molar-refractivity contribution in [3.63, 3.8) is 0 Å². The van der Waals surface area contributed by atoms with Gasteiger partial charge in [0, 0.05) is 36.3 Å². The van der Waals surface area contributed by atoms with Crippen LogP contribution < -0.4 is 10.6 Å². The summed E-state index contributed by atoms with van der Waals surface area (Å²) in [6, 6.07) is 6.28. The Bertz CT molecular complexity index is 579. The van der Waals surface area contributed by atoms with Crippen LogP contribution in [0.25, 0.3) is 10.8 Å². The average Bonchev–Trinajstić information content (AvgIpc) is 2.88. The number of anilines is 2. The van der Waals surface area contributed by atoms with E-state index in [9.17, 15) is 0 Å². The van der Waals surface area contributed by atoms with Crippen LogP contribution in [0.4, 0.5) is 11.4 Å². The minimum Gasteiger partial charge on any atom is -0.397 e. The summed E-state index contributed by atoms with van der Waals surface area (Å²) < 4.78 is 0. The van der Waals surface area contributed by atoms with Gasteiger partial charge in [0.25, 0.3) is 0 Å². The summed E-state index contributed by atoms with van der Waals surface area (Å²) in [6.45, 7) is 4.54. The molecule has 0 radical (unpaired) electrons. The van der Waals surface area contributed by atoms with Crippen molar-refractivity contribution in [2.75, 3.05) is 23.7 Å². The molecule has 1 fully saturated rings. The van der Waals surface area contributed by atoms with Gasteiger partial charge in [0.2, 0.25) is 0 Å². The van der Waals surface area contributed by atoms with Crippen molar-refractivity contribution in [1.29, 1.82) is 0 Å². The van der Waals surface area contributed by atoms with Crippen LogP contribution in [-0.2, 0) is 0 Å². The lowest BCUT2D eigenvalue weighted by molar-refractivity contribution is 0.530. The summed E-state index contributed by atoms with van der Waals surface area (Å²) in [4.78, 5) is 6.59. The molecule has 100 valence electrons. The molecule has 2 heterocycles. The topological polar surface area (TPSA) is 42.2 Å². The van der Waals surface area contributed by atoms with Crippen LogP contribution in [0.15, 0.2) is 30.6 Å². The number of hydrogen-bond donors (Lipinski definition) is 1. The standard InChI is InChI=1S/C16H21N3/c1-2-3-12-7-9-19(11-12)15-5-4-13-10-18-8-6-14(13)16(15)17/h4-6,8,10,12H,2-3,7,9,11,17H2,1H3. The second-order valence-corrected chi connectivity index (χ2v) is 5.48. The summed E-state index contributed by atoms with van der Waals surface area (Å²) >= 11 is 0. The molecule has 2 N–H and O–H groups in total. The highest BCUT2D eigenvalue weighted by atomic mass is 15.2. The van der Waals surface area contributed by atoms with E-state index < -0.39 is 0 Å². The summed E-state index contributed by atoms with van der Waals surface area (Å²) in [5, 5.41) is 2.24. The van der Waals surface area contributed by atoms with Gasteiger partial charge < -0.3 is 10.6 Å². The van der Waals surface area contributed by atoms with Crippen molar-refractivity contribution in [2.45, 2.75) is 26.2 Å². The molecule has 1 unspecified atom stereocenters. The Morgan fingerprint density at radius 3 is 3.11 bits per heavy atom. The molecule has 0 aliphatic carbocycles. The van der Waals surface area contributed by atoms with Gasteiger partial charge in [-0.3, -0.25) is 4.98 Å². The van der Waals surface area contributed by atoms with Crippen molar-refractivity contribution in [1.82, 2.24) is 4.98 Å². The lowest BCUT2D eigenvalue weighted by Crippen LogP contribution is -2.20. The van der Waals surface area contributed by atoms with Crippen LogP contribution in [0.5, 0.6) is 0 Å². The molecule has 0 amide bonds. The number of hydrogen-bond acceptors (Lipinski definition) is 3. The van der Waals surface area contributed by atoms with E-state index in [2.05, 4.69) is 28.9 Å². The minimum absolute atomic E-state index is 0.831. The zero-order valence-electron chi connectivity index (χ0n) is 11.5. The maximum Gasteiger partial charge on any atom is 0.0632 e. The van der Waals surface area contributed by atoms with Crippen LogP contribution in [-0.4, -0.2) is 18.1 Å². The van der Waals surface area contributed by atoms with E-state index in [0.717, 1.165) is 35.5 Å². The number of nitrogens with two attached hydrogens (primary N) is 1. The summed E-state index contributed by atoms with van der Waals surface area (Å²) in [5.74, 6) is 0.831. The van der Waals surface area contributed by atoms with Gasteiger partial charge in [-0.05, 0) is 30.9 Å². The first-order chi connectivity index (χ1) is 9.29. The van der Waals surface area contributed by atoms with E-state index in [4.69, 9.17) is 5.73 Å². The Balaban J connectivity index is 1.91. The number of benzene rings is 1. The van der Waals surface area contributed by atoms with E-state index in [1.165, 1.54) is 24.9 Å². The molecule has 1 aliphatic rings. The third-order valence-electron chi connectivity index (χ3n) is 4.16. The fraction of sp³-hybridized carbons (Fsp3) is 0.438. The third-order valence-corrected chi connectivity index (χ3v) is 4.16. The number of pyridine rings is 1. The number of nitrogen functional groups attached to an aromatic ring is 1. The molecule has 3 nitrogen and oxygen atoms in total. The highest BCUT2D eigenvalue weighted by Gasteiger charge is 2.23. The Morgan fingerprint density at radius 2 is 2.26 bits per heavy atom. The molecule has 1 aromatic carbocycles. The molecule has 2 aromatic rings. The fourth-order valence-electron chi connectivity index (χ4n) is 3.15. The van der Waals surface area contributed by atoms with E-state index in [-0.39, 0.29) is 0 Å². The van der Waals surface area contributed by atoms with E-state index in [0.29, 0.717) is 0 Å². The number of nitrogens with zero attached hydrogens (tertiary/aromatic N) is 2. The number of rotatable bonds is 3. The highest BCUT2D eigenvalue weighted by molar-refractivity contribution is 5.98. The second kappa shape index (κ2) is 5.08. The molecule has 3 heteroatoms. The monoisotopic (exact) mass is 255 g/mol. The molecule has 1 saturated heterocycles. The molecule has 3 rings (SSSR count). The smallest absolute Gasteiger partial charge is 0.0632 e. The fourth-order valence-corrected chi connectivity index (χ4v) is 3.15. The molecule has 19 heavy (non-hydrogen) atoms. The molecule has 0 bridgehead atoms. The Labute approximate surface area is 114 Å².